The average Bonchev–Trinajstić information content (AvgIpc) is 3.18. The van der Waals surface area contributed by atoms with Crippen molar-refractivity contribution in [2.45, 2.75) is 110 Å². The zero-order valence-corrected chi connectivity index (χ0v) is 17.1. The number of alkyl halides is 1. The Morgan fingerprint density at radius 1 is 0.708 bits per heavy atom. The van der Waals surface area contributed by atoms with Gasteiger partial charge in [-0.3, -0.25) is 4.99 Å². The van der Waals surface area contributed by atoms with E-state index >= 15 is 0 Å². The highest BCUT2D eigenvalue weighted by Gasteiger charge is 1.94. The van der Waals surface area contributed by atoms with Crippen molar-refractivity contribution in [2.75, 3.05) is 19.0 Å². The summed E-state index contributed by atoms with van der Waals surface area (Å²) in [7, 11) is 0. The van der Waals surface area contributed by atoms with Gasteiger partial charge in [-0.1, -0.05) is 103 Å². The molecule has 0 aromatic heterocycles. The maximum absolute atomic E-state index is 5.66. The van der Waals surface area contributed by atoms with Gasteiger partial charge >= 0.3 is 0 Å². The maximum Gasteiger partial charge on any atom is 0.0825 e. The summed E-state index contributed by atoms with van der Waals surface area (Å²) in [5.41, 5.74) is 0. The van der Waals surface area contributed by atoms with Gasteiger partial charge in [-0.05, 0) is 6.42 Å². The van der Waals surface area contributed by atoms with Gasteiger partial charge in [0, 0.05) is 12.4 Å². The molecule has 144 valence electrons. The van der Waals surface area contributed by atoms with Crippen LogP contribution in [0.15, 0.2) is 4.99 Å². The van der Waals surface area contributed by atoms with Crippen LogP contribution < -0.4 is 5.32 Å². The highest BCUT2D eigenvalue weighted by molar-refractivity contribution is 6.17. The largest absolute Gasteiger partial charge is 0.375 e. The number of unbranched alkanes of at least 4 members (excludes halogenated alkanes) is 15. The molecule has 0 saturated heterocycles. The van der Waals surface area contributed by atoms with Crippen LogP contribution in [0, 0.1) is 0 Å². The fourth-order valence-corrected chi connectivity index (χ4v) is 3.15. The van der Waals surface area contributed by atoms with Crippen molar-refractivity contribution in [3.63, 3.8) is 0 Å². The van der Waals surface area contributed by atoms with Gasteiger partial charge in [0.25, 0.3) is 0 Å². The quantitative estimate of drug-likeness (QED) is 0.231. The molecule has 0 unspecified atom stereocenters. The minimum atomic E-state index is 0.846. The van der Waals surface area contributed by atoms with Gasteiger partial charge < -0.3 is 5.32 Å². The Labute approximate surface area is 157 Å². The summed E-state index contributed by atoms with van der Waals surface area (Å²) in [5, 5.41) is 2.93. The van der Waals surface area contributed by atoms with Crippen LogP contribution in [-0.2, 0) is 0 Å². The van der Waals surface area contributed by atoms with Crippen molar-refractivity contribution in [3.8, 4) is 0 Å². The predicted molar refractivity (Wildman–Crippen MR) is 112 cm³/mol. The Morgan fingerprint density at radius 3 is 1.38 bits per heavy atom. The highest BCUT2D eigenvalue weighted by Crippen LogP contribution is 2.13. The molecule has 0 aliphatic carbocycles. The lowest BCUT2D eigenvalue weighted by atomic mass is 10.0. The lowest BCUT2D eigenvalue weighted by molar-refractivity contribution is 0.531. The van der Waals surface area contributed by atoms with Crippen molar-refractivity contribution in [3.05, 3.63) is 0 Å². The lowest BCUT2D eigenvalue weighted by Gasteiger charge is -2.03. The van der Waals surface area contributed by atoms with Gasteiger partial charge in [-0.15, -0.1) is 11.6 Å². The first-order chi connectivity index (χ1) is 11.9. The monoisotopic (exact) mass is 358 g/mol. The Hall–Kier alpha value is -0.240. The van der Waals surface area contributed by atoms with Crippen molar-refractivity contribution in [2.24, 2.45) is 4.99 Å². The molecular formula is C21H43ClN2. The first-order valence-electron chi connectivity index (χ1n) is 10.7. The van der Waals surface area contributed by atoms with Crippen LogP contribution in [0.1, 0.15) is 110 Å². The van der Waals surface area contributed by atoms with Crippen LogP contribution in [0.4, 0.5) is 0 Å². The van der Waals surface area contributed by atoms with E-state index in [4.69, 9.17) is 11.6 Å². The van der Waals surface area contributed by atoms with Crippen LogP contribution >= 0.6 is 11.6 Å². The predicted octanol–water partition coefficient (Wildman–Crippen LogP) is 7.10. The van der Waals surface area contributed by atoms with Crippen LogP contribution in [0.5, 0.6) is 0 Å². The molecule has 0 spiro atoms. The Morgan fingerprint density at radius 2 is 1.12 bits per heavy atom. The van der Waals surface area contributed by atoms with E-state index < -0.39 is 0 Å². The second-order valence-electron chi connectivity index (χ2n) is 6.98. The summed E-state index contributed by atoms with van der Waals surface area (Å²) in [6, 6.07) is 0. The molecule has 0 aromatic carbocycles. The summed E-state index contributed by atoms with van der Waals surface area (Å²) in [6.07, 6.45) is 24.6. The molecule has 1 heterocycles. The zero-order valence-electron chi connectivity index (χ0n) is 16.3. The summed E-state index contributed by atoms with van der Waals surface area (Å²) >= 11 is 5.66. The third kappa shape index (κ3) is 21.8. The number of halogens is 1. The van der Waals surface area contributed by atoms with Gasteiger partial charge in [-0.2, -0.15) is 0 Å². The van der Waals surface area contributed by atoms with E-state index in [1.165, 1.54) is 103 Å². The molecule has 1 aliphatic heterocycles. The molecule has 0 amide bonds. The van der Waals surface area contributed by atoms with Crippen LogP contribution in [-0.4, -0.2) is 25.3 Å². The second-order valence-corrected chi connectivity index (χ2v) is 7.36. The van der Waals surface area contributed by atoms with Gasteiger partial charge in [0.05, 0.1) is 12.9 Å². The number of aliphatic imine (C=N–C) groups is 1. The summed E-state index contributed by atoms with van der Waals surface area (Å²) in [6.45, 7) is 4.28. The van der Waals surface area contributed by atoms with Gasteiger partial charge in [0.1, 0.15) is 0 Å². The van der Waals surface area contributed by atoms with E-state index in [0.29, 0.717) is 0 Å². The third-order valence-corrected chi connectivity index (χ3v) is 4.82. The zero-order chi connectivity index (χ0) is 17.6. The maximum atomic E-state index is 5.66. The molecule has 24 heavy (non-hydrogen) atoms. The third-order valence-electron chi connectivity index (χ3n) is 4.55. The van der Waals surface area contributed by atoms with E-state index in [1.54, 1.807) is 6.34 Å². The molecule has 0 atom stereocenters. The van der Waals surface area contributed by atoms with E-state index in [0.717, 1.165) is 19.0 Å². The molecule has 0 aromatic rings. The first kappa shape index (κ1) is 23.8. The molecule has 0 radical (unpaired) electrons. The number of hydrogen-bond acceptors (Lipinski definition) is 2. The minimum Gasteiger partial charge on any atom is -0.375 e. The number of nitrogens with zero attached hydrogens (tertiary/aromatic N) is 1. The Kier molecular flexibility index (Phi) is 22.5. The topological polar surface area (TPSA) is 24.4 Å². The molecule has 2 nitrogen and oxygen atoms in total. The molecule has 1 rings (SSSR count). The van der Waals surface area contributed by atoms with E-state index in [-0.39, 0.29) is 0 Å². The molecule has 0 bridgehead atoms. The minimum absolute atomic E-state index is 0.846. The first-order valence-corrected chi connectivity index (χ1v) is 11.2. The van der Waals surface area contributed by atoms with E-state index in [2.05, 4.69) is 17.2 Å². The molecular weight excluding hydrogens is 316 g/mol. The molecule has 1 N–H and O–H groups in total. The lowest BCUT2D eigenvalue weighted by Crippen LogP contribution is -2.04. The standard InChI is InChI=1S/C18H37Cl.C3H6N2/c1-2-3-4-5-6-7-8-9-10-11-12-13-14-15-16-17-18-19;1-2-5-3-4-1/h2-18H2,1H3;3H,1-2H2,(H,4,5). The molecule has 1 aliphatic rings. The van der Waals surface area contributed by atoms with Crippen molar-refractivity contribution < 1.29 is 0 Å². The van der Waals surface area contributed by atoms with Gasteiger partial charge in [0.15, 0.2) is 0 Å². The summed E-state index contributed by atoms with van der Waals surface area (Å²) in [4.78, 5) is 3.85. The Bertz CT molecular complexity index is 222. The number of nitrogens with one attached hydrogen (secondary N) is 1. The van der Waals surface area contributed by atoms with Gasteiger partial charge in [0.2, 0.25) is 0 Å². The van der Waals surface area contributed by atoms with E-state index in [9.17, 15) is 0 Å². The number of rotatable bonds is 16. The van der Waals surface area contributed by atoms with Crippen LogP contribution in [0.2, 0.25) is 0 Å². The molecule has 0 fully saturated rings. The average molecular weight is 359 g/mol. The molecule has 3 heteroatoms. The van der Waals surface area contributed by atoms with Crippen molar-refractivity contribution in [1.82, 2.24) is 5.32 Å². The SMILES string of the molecule is C1=NCCN1.CCCCCCCCCCCCCCCCCCCl. The van der Waals surface area contributed by atoms with Crippen LogP contribution in [0.25, 0.3) is 0 Å². The van der Waals surface area contributed by atoms with Crippen molar-refractivity contribution >= 4 is 17.9 Å². The van der Waals surface area contributed by atoms with Gasteiger partial charge in [-0.25, -0.2) is 0 Å². The fourth-order valence-electron chi connectivity index (χ4n) is 2.97. The summed E-state index contributed by atoms with van der Waals surface area (Å²) in [5.74, 6) is 0.846. The molecule has 0 saturated carbocycles. The Balaban J connectivity index is 0.000000889. The van der Waals surface area contributed by atoms with E-state index in [1.807, 2.05) is 0 Å². The van der Waals surface area contributed by atoms with Crippen LogP contribution in [0.3, 0.4) is 0 Å². The smallest absolute Gasteiger partial charge is 0.0825 e. The summed E-state index contributed by atoms with van der Waals surface area (Å²) < 4.78 is 0. The number of hydrogen-bond donors (Lipinski definition) is 1. The van der Waals surface area contributed by atoms with Crippen molar-refractivity contribution in [1.29, 1.82) is 0 Å². The fraction of sp³-hybridized carbons (Fsp3) is 0.952. The normalized spacial score (nSPS) is 12.8. The highest BCUT2D eigenvalue weighted by atomic mass is 35.5. The second kappa shape index (κ2) is 22.8.